The molecular weight excluding hydrogens is 272 g/mol. The maximum Gasteiger partial charge on any atom is 0.313 e. The van der Waals surface area contributed by atoms with Gasteiger partial charge in [0.25, 0.3) is 0 Å². The molecule has 122 valence electrons. The van der Waals surface area contributed by atoms with E-state index in [4.69, 9.17) is 0 Å². The van der Waals surface area contributed by atoms with E-state index in [0.29, 0.717) is 23.2 Å². The van der Waals surface area contributed by atoms with Crippen molar-refractivity contribution in [1.29, 1.82) is 0 Å². The zero-order valence-electron chi connectivity index (χ0n) is 14.3. The van der Waals surface area contributed by atoms with Gasteiger partial charge >= 0.3 is 5.97 Å². The molecular formula is C20H30O2. The fourth-order valence-electron chi connectivity index (χ4n) is 6.02. The van der Waals surface area contributed by atoms with Crippen LogP contribution in [0.3, 0.4) is 0 Å². The van der Waals surface area contributed by atoms with E-state index < -0.39 is 11.4 Å². The number of hydrogen-bond donors (Lipinski definition) is 1. The van der Waals surface area contributed by atoms with Crippen molar-refractivity contribution < 1.29 is 9.90 Å². The topological polar surface area (TPSA) is 37.3 Å². The van der Waals surface area contributed by atoms with E-state index in [0.717, 1.165) is 25.2 Å². The normalized spacial score (nSPS) is 43.5. The number of aliphatic carboxylic acids is 1. The molecule has 3 aliphatic carbocycles. The molecule has 0 spiro atoms. The molecule has 0 saturated heterocycles. The molecule has 4 unspecified atom stereocenters. The lowest BCUT2D eigenvalue weighted by atomic mass is 9.46. The molecule has 0 aromatic rings. The van der Waals surface area contributed by atoms with E-state index in [1.54, 1.807) is 6.08 Å². The van der Waals surface area contributed by atoms with Crippen molar-refractivity contribution in [3.05, 3.63) is 24.3 Å². The molecule has 1 N–H and O–H groups in total. The third kappa shape index (κ3) is 2.10. The van der Waals surface area contributed by atoms with Gasteiger partial charge in [0.2, 0.25) is 0 Å². The number of carbonyl (C=O) groups is 1. The first-order valence-corrected chi connectivity index (χ1v) is 8.81. The molecule has 0 aliphatic heterocycles. The smallest absolute Gasteiger partial charge is 0.313 e. The fraction of sp³-hybridized carbons (Fsp3) is 0.750. The van der Waals surface area contributed by atoms with E-state index in [9.17, 15) is 9.90 Å². The molecule has 2 nitrogen and oxygen atoms in total. The minimum absolute atomic E-state index is 0.359. The number of carboxylic acid groups (broad SMARTS) is 1. The Bertz CT molecular complexity index is 530. The van der Waals surface area contributed by atoms with Gasteiger partial charge in [-0.1, -0.05) is 44.9 Å². The molecule has 3 aliphatic rings. The van der Waals surface area contributed by atoms with Crippen LogP contribution in [-0.4, -0.2) is 11.1 Å². The zero-order chi connectivity index (χ0) is 16.2. The van der Waals surface area contributed by atoms with E-state index in [1.165, 1.54) is 24.8 Å². The van der Waals surface area contributed by atoms with Crippen molar-refractivity contribution in [2.75, 3.05) is 0 Å². The average Bonchev–Trinajstić information content (AvgIpc) is 2.45. The Morgan fingerprint density at radius 2 is 2.05 bits per heavy atom. The number of hydrogen-bond acceptors (Lipinski definition) is 1. The summed E-state index contributed by atoms with van der Waals surface area (Å²) in [4.78, 5) is 11.7. The summed E-state index contributed by atoms with van der Waals surface area (Å²) in [6.45, 7) is 11.2. The number of carboxylic acids is 1. The lowest BCUT2D eigenvalue weighted by molar-refractivity contribution is -0.148. The van der Waals surface area contributed by atoms with E-state index in [2.05, 4.69) is 33.4 Å². The summed E-state index contributed by atoms with van der Waals surface area (Å²) in [5.41, 5.74) is 1.45. The van der Waals surface area contributed by atoms with E-state index >= 15 is 0 Å². The van der Waals surface area contributed by atoms with Crippen LogP contribution >= 0.6 is 0 Å². The van der Waals surface area contributed by atoms with Gasteiger partial charge in [0.1, 0.15) is 0 Å². The highest BCUT2D eigenvalue weighted by molar-refractivity contribution is 5.77. The SMILES string of the molecule is C=CC1(C(=O)O)CCC2C(=CCC3C(C)(C)CCCC23C)C1. The molecule has 22 heavy (non-hydrogen) atoms. The Balaban J connectivity index is 1.95. The Hall–Kier alpha value is -1.05. The van der Waals surface area contributed by atoms with Gasteiger partial charge in [0.05, 0.1) is 5.41 Å². The van der Waals surface area contributed by atoms with Gasteiger partial charge in [-0.2, -0.15) is 0 Å². The van der Waals surface area contributed by atoms with Crippen molar-refractivity contribution in [3.8, 4) is 0 Å². The zero-order valence-corrected chi connectivity index (χ0v) is 14.3. The molecule has 0 radical (unpaired) electrons. The Morgan fingerprint density at radius 3 is 2.68 bits per heavy atom. The van der Waals surface area contributed by atoms with Gasteiger partial charge in [0, 0.05) is 0 Å². The van der Waals surface area contributed by atoms with Crippen LogP contribution in [0.1, 0.15) is 65.7 Å². The van der Waals surface area contributed by atoms with Gasteiger partial charge in [0.15, 0.2) is 0 Å². The molecule has 0 bridgehead atoms. The second kappa shape index (κ2) is 4.97. The van der Waals surface area contributed by atoms with E-state index in [1.807, 2.05) is 0 Å². The van der Waals surface area contributed by atoms with Crippen molar-refractivity contribution >= 4 is 5.97 Å². The van der Waals surface area contributed by atoms with Crippen LogP contribution in [0.25, 0.3) is 0 Å². The highest BCUT2D eigenvalue weighted by atomic mass is 16.4. The van der Waals surface area contributed by atoms with Crippen molar-refractivity contribution in [2.24, 2.45) is 28.1 Å². The molecule has 0 aromatic carbocycles. The van der Waals surface area contributed by atoms with Gasteiger partial charge in [-0.25, -0.2) is 0 Å². The van der Waals surface area contributed by atoms with E-state index in [-0.39, 0.29) is 0 Å². The lowest BCUT2D eigenvalue weighted by Gasteiger charge is -2.59. The Kier molecular flexibility index (Phi) is 3.58. The second-order valence-electron chi connectivity index (χ2n) is 8.85. The fourth-order valence-corrected chi connectivity index (χ4v) is 6.02. The third-order valence-electron chi connectivity index (χ3n) is 7.35. The summed E-state index contributed by atoms with van der Waals surface area (Å²) < 4.78 is 0. The average molecular weight is 302 g/mol. The first-order valence-electron chi connectivity index (χ1n) is 8.81. The van der Waals surface area contributed by atoms with Crippen LogP contribution in [0.15, 0.2) is 24.3 Å². The molecule has 0 heterocycles. The first kappa shape index (κ1) is 15.8. The number of allylic oxidation sites excluding steroid dienone is 2. The second-order valence-corrected chi connectivity index (χ2v) is 8.85. The Labute approximate surface area is 134 Å². The summed E-state index contributed by atoms with van der Waals surface area (Å²) in [6.07, 6.45) is 11.6. The molecule has 0 aromatic heterocycles. The largest absolute Gasteiger partial charge is 0.481 e. The van der Waals surface area contributed by atoms with Crippen LogP contribution in [-0.2, 0) is 4.79 Å². The van der Waals surface area contributed by atoms with Gasteiger partial charge in [-0.3, -0.25) is 4.79 Å². The lowest BCUT2D eigenvalue weighted by Crippen LogP contribution is -2.51. The maximum absolute atomic E-state index is 11.7. The first-order chi connectivity index (χ1) is 10.3. The quantitative estimate of drug-likeness (QED) is 0.711. The van der Waals surface area contributed by atoms with Crippen LogP contribution < -0.4 is 0 Å². The summed E-state index contributed by atoms with van der Waals surface area (Å²) >= 11 is 0. The third-order valence-corrected chi connectivity index (χ3v) is 7.35. The minimum atomic E-state index is -0.726. The Morgan fingerprint density at radius 1 is 1.32 bits per heavy atom. The minimum Gasteiger partial charge on any atom is -0.481 e. The predicted octanol–water partition coefficient (Wildman–Crippen LogP) is 5.21. The molecule has 2 heteroatoms. The van der Waals surface area contributed by atoms with Crippen LogP contribution in [0, 0.1) is 28.1 Å². The molecule has 2 fully saturated rings. The van der Waals surface area contributed by atoms with Crippen LogP contribution in [0.5, 0.6) is 0 Å². The van der Waals surface area contributed by atoms with Gasteiger partial charge < -0.3 is 5.11 Å². The van der Waals surface area contributed by atoms with Crippen LogP contribution in [0.4, 0.5) is 0 Å². The summed E-state index contributed by atoms with van der Waals surface area (Å²) in [7, 11) is 0. The highest BCUT2D eigenvalue weighted by Crippen LogP contribution is 2.63. The maximum atomic E-state index is 11.7. The van der Waals surface area contributed by atoms with Crippen LogP contribution in [0.2, 0.25) is 0 Å². The van der Waals surface area contributed by atoms with Crippen molar-refractivity contribution in [3.63, 3.8) is 0 Å². The standard InChI is InChI=1S/C20H30O2/c1-5-20(17(21)22)12-9-15-14(13-20)7-8-16-18(2,3)10-6-11-19(15,16)4/h5,7,15-16H,1,6,8-13H2,2-4H3,(H,21,22). The summed E-state index contributed by atoms with van der Waals surface area (Å²) in [5, 5.41) is 9.66. The predicted molar refractivity (Wildman–Crippen MR) is 89.5 cm³/mol. The number of rotatable bonds is 2. The molecule has 2 saturated carbocycles. The van der Waals surface area contributed by atoms with Gasteiger partial charge in [-0.15, -0.1) is 6.58 Å². The molecule has 0 amide bonds. The van der Waals surface area contributed by atoms with Gasteiger partial charge in [-0.05, 0) is 61.2 Å². The molecule has 4 atom stereocenters. The highest BCUT2D eigenvalue weighted by Gasteiger charge is 2.55. The summed E-state index contributed by atoms with van der Waals surface area (Å²) in [5.74, 6) is 0.625. The number of fused-ring (bicyclic) bond motifs is 3. The van der Waals surface area contributed by atoms with Crippen molar-refractivity contribution in [1.82, 2.24) is 0 Å². The molecule has 3 rings (SSSR count). The van der Waals surface area contributed by atoms with Crippen molar-refractivity contribution in [2.45, 2.75) is 65.7 Å². The monoisotopic (exact) mass is 302 g/mol. The summed E-state index contributed by atoms with van der Waals surface area (Å²) in [6, 6.07) is 0.